The molecule has 0 aliphatic carbocycles. The van der Waals surface area contributed by atoms with Crippen molar-refractivity contribution in [2.45, 2.75) is 40.0 Å². The fourth-order valence-electron chi connectivity index (χ4n) is 1.80. The average Bonchev–Trinajstić information content (AvgIpc) is 2.23. The van der Waals surface area contributed by atoms with E-state index in [-0.39, 0.29) is 24.0 Å². The van der Waals surface area contributed by atoms with Crippen LogP contribution in [0.2, 0.25) is 0 Å². The van der Waals surface area contributed by atoms with E-state index in [1.54, 1.807) is 0 Å². The minimum atomic E-state index is 0. The zero-order chi connectivity index (χ0) is 12.7. The maximum atomic E-state index is 5.83. The third-order valence-corrected chi connectivity index (χ3v) is 2.54. The van der Waals surface area contributed by atoms with Crippen molar-refractivity contribution in [2.75, 3.05) is 11.9 Å². The average molecular weight is 361 g/mol. The molecule has 1 rings (SSSR count). The van der Waals surface area contributed by atoms with E-state index in [0.717, 1.165) is 18.7 Å². The van der Waals surface area contributed by atoms with Gasteiger partial charge in [-0.1, -0.05) is 25.8 Å². The van der Waals surface area contributed by atoms with E-state index in [9.17, 15) is 0 Å². The molecular weight excluding hydrogens is 337 g/mol. The van der Waals surface area contributed by atoms with E-state index in [1.807, 2.05) is 0 Å². The van der Waals surface area contributed by atoms with Crippen molar-refractivity contribution in [3.8, 4) is 0 Å². The molecule has 0 atom stereocenters. The van der Waals surface area contributed by atoms with Gasteiger partial charge in [-0.2, -0.15) is 0 Å². The molecule has 1 aromatic carbocycles. The van der Waals surface area contributed by atoms with Crippen molar-refractivity contribution >= 4 is 35.6 Å². The molecule has 4 heteroatoms. The first-order valence-electron chi connectivity index (χ1n) is 6.27. The molecule has 0 radical (unpaired) electrons. The van der Waals surface area contributed by atoms with Crippen LogP contribution in [0, 0.1) is 13.8 Å². The summed E-state index contributed by atoms with van der Waals surface area (Å²) in [4.78, 5) is 4.30. The number of nitrogens with two attached hydrogens (primary N) is 1. The summed E-state index contributed by atoms with van der Waals surface area (Å²) in [5.41, 5.74) is 9.30. The van der Waals surface area contributed by atoms with Crippen LogP contribution in [0.4, 0.5) is 5.69 Å². The SMILES string of the molecule is CCCCCN=C(N)Nc1cc(C)cc(C)c1.I. The van der Waals surface area contributed by atoms with E-state index in [4.69, 9.17) is 5.73 Å². The summed E-state index contributed by atoms with van der Waals surface area (Å²) < 4.78 is 0. The van der Waals surface area contributed by atoms with E-state index in [1.165, 1.54) is 24.0 Å². The number of rotatable bonds is 5. The molecule has 0 bridgehead atoms. The lowest BCUT2D eigenvalue weighted by Crippen LogP contribution is -2.23. The second kappa shape index (κ2) is 9.19. The number of aliphatic imine (C=N–C) groups is 1. The summed E-state index contributed by atoms with van der Waals surface area (Å²) >= 11 is 0. The second-order valence-corrected chi connectivity index (χ2v) is 4.48. The van der Waals surface area contributed by atoms with Gasteiger partial charge in [0.2, 0.25) is 0 Å². The Morgan fingerprint density at radius 3 is 2.33 bits per heavy atom. The number of anilines is 1. The quantitative estimate of drug-likeness (QED) is 0.362. The molecule has 0 aromatic heterocycles. The summed E-state index contributed by atoms with van der Waals surface area (Å²) in [5, 5.41) is 3.13. The topological polar surface area (TPSA) is 50.4 Å². The molecule has 0 heterocycles. The molecule has 0 unspecified atom stereocenters. The molecule has 0 saturated heterocycles. The van der Waals surface area contributed by atoms with Gasteiger partial charge in [0.25, 0.3) is 0 Å². The third-order valence-electron chi connectivity index (χ3n) is 2.54. The van der Waals surface area contributed by atoms with Gasteiger partial charge in [-0.05, 0) is 43.5 Å². The van der Waals surface area contributed by atoms with Crippen LogP contribution >= 0.6 is 24.0 Å². The van der Waals surface area contributed by atoms with E-state index >= 15 is 0 Å². The largest absolute Gasteiger partial charge is 0.370 e. The number of nitrogens with one attached hydrogen (secondary N) is 1. The maximum Gasteiger partial charge on any atom is 0.193 e. The van der Waals surface area contributed by atoms with E-state index in [0.29, 0.717) is 5.96 Å². The van der Waals surface area contributed by atoms with Gasteiger partial charge in [0.15, 0.2) is 5.96 Å². The minimum Gasteiger partial charge on any atom is -0.370 e. The molecule has 3 N–H and O–H groups in total. The van der Waals surface area contributed by atoms with Crippen molar-refractivity contribution in [3.05, 3.63) is 29.3 Å². The number of hydrogen-bond acceptors (Lipinski definition) is 1. The molecule has 102 valence electrons. The number of hydrogen-bond donors (Lipinski definition) is 2. The van der Waals surface area contributed by atoms with Crippen molar-refractivity contribution in [1.82, 2.24) is 0 Å². The van der Waals surface area contributed by atoms with Gasteiger partial charge in [0, 0.05) is 12.2 Å². The molecule has 18 heavy (non-hydrogen) atoms. The van der Waals surface area contributed by atoms with Crippen LogP contribution in [0.5, 0.6) is 0 Å². The fraction of sp³-hybridized carbons (Fsp3) is 0.500. The molecule has 1 aromatic rings. The first kappa shape index (κ1) is 17.2. The monoisotopic (exact) mass is 361 g/mol. The van der Waals surface area contributed by atoms with Crippen LogP contribution in [0.1, 0.15) is 37.3 Å². The number of benzene rings is 1. The molecular formula is C14H24IN3. The number of halogens is 1. The molecule has 0 spiro atoms. The molecule has 0 saturated carbocycles. The molecule has 3 nitrogen and oxygen atoms in total. The summed E-state index contributed by atoms with van der Waals surface area (Å²) in [6.45, 7) is 7.14. The third kappa shape index (κ3) is 6.83. The molecule has 0 aliphatic heterocycles. The zero-order valence-electron chi connectivity index (χ0n) is 11.5. The Kier molecular flexibility index (Phi) is 8.79. The Morgan fingerprint density at radius 1 is 1.17 bits per heavy atom. The van der Waals surface area contributed by atoms with Gasteiger partial charge >= 0.3 is 0 Å². The zero-order valence-corrected chi connectivity index (χ0v) is 13.8. The molecule has 0 fully saturated rings. The van der Waals surface area contributed by atoms with E-state index < -0.39 is 0 Å². The maximum absolute atomic E-state index is 5.83. The number of unbranched alkanes of at least 4 members (excludes halogenated alkanes) is 2. The Morgan fingerprint density at radius 2 is 1.78 bits per heavy atom. The summed E-state index contributed by atoms with van der Waals surface area (Å²) in [7, 11) is 0. The van der Waals surface area contributed by atoms with E-state index in [2.05, 4.69) is 49.3 Å². The van der Waals surface area contributed by atoms with Crippen LogP contribution < -0.4 is 11.1 Å². The number of nitrogens with zero attached hydrogens (tertiary/aromatic N) is 1. The standard InChI is InChI=1S/C14H23N3.HI/c1-4-5-6-7-16-14(15)17-13-9-11(2)8-12(3)10-13;/h8-10H,4-7H2,1-3H3,(H3,15,16,17);1H. The van der Waals surface area contributed by atoms with Gasteiger partial charge < -0.3 is 11.1 Å². The Labute approximate surface area is 127 Å². The number of guanidine groups is 1. The van der Waals surface area contributed by atoms with Crippen molar-refractivity contribution in [1.29, 1.82) is 0 Å². The van der Waals surface area contributed by atoms with Crippen molar-refractivity contribution in [2.24, 2.45) is 10.7 Å². The van der Waals surface area contributed by atoms with Crippen molar-refractivity contribution < 1.29 is 0 Å². The lowest BCUT2D eigenvalue weighted by Gasteiger charge is -2.07. The molecule has 0 amide bonds. The lowest BCUT2D eigenvalue weighted by atomic mass is 10.1. The van der Waals surface area contributed by atoms with Crippen LogP contribution in [-0.2, 0) is 0 Å². The summed E-state index contributed by atoms with van der Waals surface area (Å²) in [6, 6.07) is 6.28. The first-order valence-corrected chi connectivity index (χ1v) is 6.27. The highest BCUT2D eigenvalue weighted by Crippen LogP contribution is 2.13. The normalized spacial score (nSPS) is 10.9. The highest BCUT2D eigenvalue weighted by atomic mass is 127. The van der Waals surface area contributed by atoms with Crippen LogP contribution in [0.3, 0.4) is 0 Å². The predicted octanol–water partition coefficient (Wildman–Crippen LogP) is 3.84. The van der Waals surface area contributed by atoms with Gasteiger partial charge in [0.1, 0.15) is 0 Å². The highest BCUT2D eigenvalue weighted by molar-refractivity contribution is 14.0. The Balaban J connectivity index is 0.00000289. The Bertz CT molecular complexity index is 368. The van der Waals surface area contributed by atoms with Crippen LogP contribution in [-0.4, -0.2) is 12.5 Å². The van der Waals surface area contributed by atoms with Crippen LogP contribution in [0.25, 0.3) is 0 Å². The van der Waals surface area contributed by atoms with Crippen LogP contribution in [0.15, 0.2) is 23.2 Å². The number of aryl methyl sites for hydroxylation is 2. The Hall–Kier alpha value is -0.780. The van der Waals surface area contributed by atoms with Gasteiger partial charge in [-0.15, -0.1) is 24.0 Å². The highest BCUT2D eigenvalue weighted by Gasteiger charge is 1.97. The van der Waals surface area contributed by atoms with Gasteiger partial charge in [-0.3, -0.25) is 4.99 Å². The minimum absolute atomic E-state index is 0. The van der Waals surface area contributed by atoms with Gasteiger partial charge in [-0.25, -0.2) is 0 Å². The van der Waals surface area contributed by atoms with Gasteiger partial charge in [0.05, 0.1) is 0 Å². The first-order chi connectivity index (χ1) is 8.11. The summed E-state index contributed by atoms with van der Waals surface area (Å²) in [5.74, 6) is 0.506. The smallest absolute Gasteiger partial charge is 0.193 e. The summed E-state index contributed by atoms with van der Waals surface area (Å²) in [6.07, 6.45) is 3.52. The fourth-order valence-corrected chi connectivity index (χ4v) is 1.80. The van der Waals surface area contributed by atoms with Crippen molar-refractivity contribution in [3.63, 3.8) is 0 Å². The predicted molar refractivity (Wildman–Crippen MR) is 91.0 cm³/mol. The second-order valence-electron chi connectivity index (χ2n) is 4.48. The molecule has 0 aliphatic rings. The lowest BCUT2D eigenvalue weighted by molar-refractivity contribution is 0.727.